The molecule has 6 aliphatic rings. The van der Waals surface area contributed by atoms with Gasteiger partial charge in [0, 0.05) is 49.9 Å². The molecule has 4 bridgehead atoms. The summed E-state index contributed by atoms with van der Waals surface area (Å²) in [5.74, 6) is -0.211. The van der Waals surface area contributed by atoms with Crippen molar-refractivity contribution in [3.63, 3.8) is 0 Å². The summed E-state index contributed by atoms with van der Waals surface area (Å²) in [5, 5.41) is 25.4. The van der Waals surface area contributed by atoms with Gasteiger partial charge in [-0.1, -0.05) is 24.3 Å². The predicted octanol–water partition coefficient (Wildman–Crippen LogP) is 4.62. The van der Waals surface area contributed by atoms with Crippen LogP contribution in [0.25, 0.3) is 0 Å². The zero-order chi connectivity index (χ0) is 45.6. The number of imide groups is 2. The fraction of sp³-hybridized carbons (Fsp3) is 0.533. The van der Waals surface area contributed by atoms with Crippen LogP contribution < -0.4 is 31.3 Å². The Kier molecular flexibility index (Phi) is 14.1. The standard InChI is InChI=1S/C45H52F3N9O8/c46-45(47,48)65-35-7-2-1-4-28(35)24-52-43-53-25-31(23-49)39(56-43)54-26-44-20-27-18-29(21-44)38(30(19-27)22-44)51-11-13-63-15-17-64-16-14-62-12-10-50-33-6-3-5-32-37(33)42(61)57(41(32)60)34-8-9-36(58)55-40(34)59/h1-7,25,27,29-30,34,38,50-51H,8-22,24,26H2,(H,55,58,59)(H2,52,53,54,56)/t27?,29-,30+,34?,38?,44?. The molecule has 17 nitrogen and oxygen atoms in total. The second kappa shape index (κ2) is 20.1. The Balaban J connectivity index is 0.696. The van der Waals surface area contributed by atoms with Crippen LogP contribution >= 0.6 is 0 Å². The molecular formula is C45H52F3N9O8. The molecule has 4 unspecified atom stereocenters. The Morgan fingerprint density at radius 1 is 0.862 bits per heavy atom. The summed E-state index contributed by atoms with van der Waals surface area (Å²) < 4.78 is 60.1. The highest BCUT2D eigenvalue weighted by molar-refractivity contribution is 6.25. The summed E-state index contributed by atoms with van der Waals surface area (Å²) in [4.78, 5) is 60.0. The molecule has 9 rings (SSSR count). The van der Waals surface area contributed by atoms with Gasteiger partial charge >= 0.3 is 6.36 Å². The Morgan fingerprint density at radius 2 is 1.58 bits per heavy atom. The number of alkyl halides is 3. The summed E-state index contributed by atoms with van der Waals surface area (Å²) >= 11 is 0. The Morgan fingerprint density at radius 3 is 2.31 bits per heavy atom. The highest BCUT2D eigenvalue weighted by Crippen LogP contribution is 2.60. The molecule has 0 spiro atoms. The maximum absolute atomic E-state index is 13.3. The number of nitrogens with one attached hydrogen (secondary N) is 5. The van der Waals surface area contributed by atoms with Crippen LogP contribution in [0.3, 0.4) is 0 Å². The van der Waals surface area contributed by atoms with Crippen LogP contribution in [0, 0.1) is 34.5 Å². The molecule has 4 aliphatic carbocycles. The van der Waals surface area contributed by atoms with Crippen LogP contribution in [0.15, 0.2) is 48.7 Å². The average molecular weight is 904 g/mol. The molecule has 346 valence electrons. The summed E-state index contributed by atoms with van der Waals surface area (Å²) in [6, 6.07) is 12.3. The fourth-order valence-corrected chi connectivity index (χ4v) is 10.5. The van der Waals surface area contributed by atoms with Crippen molar-refractivity contribution in [1.82, 2.24) is 25.5 Å². The van der Waals surface area contributed by atoms with Crippen molar-refractivity contribution in [3.8, 4) is 11.8 Å². The van der Waals surface area contributed by atoms with E-state index in [1.165, 1.54) is 37.2 Å². The van der Waals surface area contributed by atoms with Gasteiger partial charge in [0.15, 0.2) is 0 Å². The van der Waals surface area contributed by atoms with Crippen LogP contribution in [0.2, 0.25) is 0 Å². The lowest BCUT2D eigenvalue weighted by molar-refractivity contribution is -0.274. The molecule has 5 N–H and O–H groups in total. The lowest BCUT2D eigenvalue weighted by atomic mass is 9.48. The molecule has 2 aliphatic heterocycles. The van der Waals surface area contributed by atoms with Gasteiger partial charge in [0.05, 0.1) is 57.0 Å². The van der Waals surface area contributed by atoms with Gasteiger partial charge in [-0.15, -0.1) is 13.2 Å². The molecule has 4 saturated carbocycles. The van der Waals surface area contributed by atoms with Crippen LogP contribution in [0.1, 0.15) is 76.8 Å². The number of amides is 4. The lowest BCUT2D eigenvalue weighted by Crippen LogP contribution is -2.60. The first-order chi connectivity index (χ1) is 31.4. The van der Waals surface area contributed by atoms with Gasteiger partial charge in [-0.2, -0.15) is 10.2 Å². The Hall–Kier alpha value is -5.88. The van der Waals surface area contributed by atoms with Gasteiger partial charge in [0.25, 0.3) is 11.8 Å². The van der Waals surface area contributed by atoms with E-state index in [1.54, 1.807) is 24.3 Å². The summed E-state index contributed by atoms with van der Waals surface area (Å²) in [5.41, 5.74) is 1.53. The molecule has 1 saturated heterocycles. The molecule has 65 heavy (non-hydrogen) atoms. The van der Waals surface area contributed by atoms with E-state index in [4.69, 9.17) is 14.2 Å². The van der Waals surface area contributed by atoms with Gasteiger partial charge < -0.3 is 40.2 Å². The van der Waals surface area contributed by atoms with E-state index < -0.39 is 36.0 Å². The summed E-state index contributed by atoms with van der Waals surface area (Å²) in [7, 11) is 0. The van der Waals surface area contributed by atoms with Crippen molar-refractivity contribution in [1.29, 1.82) is 5.26 Å². The quantitative estimate of drug-likeness (QED) is 0.0687. The van der Waals surface area contributed by atoms with Crippen molar-refractivity contribution in [2.45, 2.75) is 69.9 Å². The van der Waals surface area contributed by atoms with E-state index in [0.29, 0.717) is 93.6 Å². The summed E-state index contributed by atoms with van der Waals surface area (Å²) in [6.45, 7) is 4.26. The number of ether oxygens (including phenoxy) is 4. The number of halogens is 3. The number of fused-ring (bicyclic) bond motifs is 1. The Labute approximate surface area is 373 Å². The number of nitriles is 1. The third-order valence-electron chi connectivity index (χ3n) is 13.0. The largest absolute Gasteiger partial charge is 0.573 e. The molecule has 1 aromatic heterocycles. The third kappa shape index (κ3) is 10.8. The number of piperidine rings is 1. The minimum atomic E-state index is -4.82. The maximum Gasteiger partial charge on any atom is 0.573 e. The van der Waals surface area contributed by atoms with Crippen molar-refractivity contribution in [2.24, 2.45) is 23.2 Å². The van der Waals surface area contributed by atoms with Crippen LogP contribution in [0.4, 0.5) is 30.6 Å². The second-order valence-electron chi connectivity index (χ2n) is 17.3. The van der Waals surface area contributed by atoms with E-state index in [9.17, 15) is 37.6 Å². The number of para-hydroxylation sites is 1. The number of hydrogen-bond acceptors (Lipinski definition) is 15. The van der Waals surface area contributed by atoms with E-state index in [-0.39, 0.29) is 53.2 Å². The van der Waals surface area contributed by atoms with Gasteiger partial charge in [0.1, 0.15) is 29.2 Å². The number of carbonyl (C=O) groups excluding carboxylic acids is 4. The zero-order valence-electron chi connectivity index (χ0n) is 35.7. The number of nitrogens with zero attached hydrogens (tertiary/aromatic N) is 4. The topological polar surface area (TPSA) is 218 Å². The van der Waals surface area contributed by atoms with Gasteiger partial charge in [0.2, 0.25) is 17.8 Å². The smallest absolute Gasteiger partial charge is 0.405 e. The first-order valence-corrected chi connectivity index (χ1v) is 22.0. The van der Waals surface area contributed by atoms with Gasteiger partial charge in [-0.3, -0.25) is 29.4 Å². The third-order valence-corrected chi connectivity index (χ3v) is 13.0. The van der Waals surface area contributed by atoms with Crippen molar-refractivity contribution < 1.29 is 51.3 Å². The number of rotatable bonds is 22. The van der Waals surface area contributed by atoms with Crippen LogP contribution in [-0.4, -0.2) is 116 Å². The van der Waals surface area contributed by atoms with Crippen LogP contribution in [-0.2, 0) is 30.3 Å². The predicted molar refractivity (Wildman–Crippen MR) is 228 cm³/mol. The van der Waals surface area contributed by atoms with Crippen molar-refractivity contribution in [3.05, 3.63) is 70.9 Å². The molecule has 4 amide bonds. The SMILES string of the molecule is N#Cc1cnc(NCc2ccccc2OC(F)(F)F)nc1NCC12CC3C[C@H](C1)C(NCCOCCOCCOCCNc1cccc4c1C(=O)N(C1CCC(=O)NC1=O)C4=O)[C@@H](C3)C2. The summed E-state index contributed by atoms with van der Waals surface area (Å²) in [6.07, 6.45) is 2.36. The molecule has 2 aromatic carbocycles. The van der Waals surface area contributed by atoms with E-state index >= 15 is 0 Å². The molecule has 3 aromatic rings. The second-order valence-corrected chi connectivity index (χ2v) is 17.3. The highest BCUT2D eigenvalue weighted by Gasteiger charge is 2.55. The van der Waals surface area contributed by atoms with Gasteiger partial charge in [-0.05, 0) is 79.9 Å². The van der Waals surface area contributed by atoms with Crippen molar-refractivity contribution >= 4 is 41.1 Å². The molecule has 5 fully saturated rings. The molecular weight excluding hydrogens is 852 g/mol. The van der Waals surface area contributed by atoms with Crippen LogP contribution in [0.5, 0.6) is 5.75 Å². The van der Waals surface area contributed by atoms with Gasteiger partial charge in [-0.25, -0.2) is 4.98 Å². The molecule has 6 atom stereocenters. The number of carbonyl (C=O) groups is 4. The molecule has 3 heterocycles. The number of aromatic nitrogens is 2. The highest BCUT2D eigenvalue weighted by atomic mass is 19.4. The van der Waals surface area contributed by atoms with E-state index in [2.05, 4.69) is 47.4 Å². The first-order valence-electron chi connectivity index (χ1n) is 22.0. The molecule has 20 heteroatoms. The number of hydrogen-bond donors (Lipinski definition) is 5. The number of anilines is 3. The monoisotopic (exact) mass is 903 g/mol. The lowest BCUT2D eigenvalue weighted by Gasteiger charge is -2.60. The minimum Gasteiger partial charge on any atom is -0.405 e. The normalized spacial score (nSPS) is 24.5. The van der Waals surface area contributed by atoms with E-state index in [0.717, 1.165) is 30.7 Å². The average Bonchev–Trinajstić information content (AvgIpc) is 3.53. The molecule has 0 radical (unpaired) electrons. The van der Waals surface area contributed by atoms with Crippen molar-refractivity contribution in [2.75, 3.05) is 75.2 Å². The van der Waals surface area contributed by atoms with E-state index in [1.807, 2.05) is 0 Å². The fourth-order valence-electron chi connectivity index (χ4n) is 10.5. The zero-order valence-corrected chi connectivity index (χ0v) is 35.7. The maximum atomic E-state index is 13.3. The Bertz CT molecular complexity index is 2280. The first kappa shape index (κ1) is 45.7. The number of benzene rings is 2. The minimum absolute atomic E-state index is 0.00812.